The van der Waals surface area contributed by atoms with E-state index in [0.717, 1.165) is 10.6 Å². The zero-order valence-corrected chi connectivity index (χ0v) is 13.4. The Morgan fingerprint density at radius 1 is 1.10 bits per heavy atom. The van der Waals surface area contributed by atoms with Crippen LogP contribution in [0.4, 0.5) is 17.8 Å². The number of nitrogens with zero attached hydrogens (tertiary/aromatic N) is 5. The second-order valence-corrected chi connectivity index (χ2v) is 5.33. The van der Waals surface area contributed by atoms with Crippen molar-refractivity contribution in [3.63, 3.8) is 0 Å². The van der Waals surface area contributed by atoms with E-state index < -0.39 is 0 Å². The summed E-state index contributed by atoms with van der Waals surface area (Å²) >= 11 is 6.01. The standard InChI is InChI=1S/C14H19ClN6/c1-16-12-17-13(20(2)3)19-14(18-12)21(4)9-10-6-5-7-11(15)8-10/h5-8H,9H2,1-4H3,(H,16,17,18,19). The van der Waals surface area contributed by atoms with Crippen LogP contribution in [-0.2, 0) is 6.54 Å². The second kappa shape index (κ2) is 6.58. The largest absolute Gasteiger partial charge is 0.357 e. The third kappa shape index (κ3) is 3.95. The van der Waals surface area contributed by atoms with E-state index in [1.807, 2.05) is 55.2 Å². The van der Waals surface area contributed by atoms with Crippen LogP contribution in [0.15, 0.2) is 24.3 Å². The Kier molecular flexibility index (Phi) is 4.80. The summed E-state index contributed by atoms with van der Waals surface area (Å²) in [5.74, 6) is 1.77. The van der Waals surface area contributed by atoms with Crippen molar-refractivity contribution in [2.45, 2.75) is 6.54 Å². The molecule has 0 aliphatic heterocycles. The molecule has 1 aromatic heterocycles. The highest BCUT2D eigenvalue weighted by Gasteiger charge is 2.11. The summed E-state index contributed by atoms with van der Waals surface area (Å²) in [6, 6.07) is 7.75. The number of hydrogen-bond donors (Lipinski definition) is 1. The Balaban J connectivity index is 2.25. The molecule has 7 heteroatoms. The summed E-state index contributed by atoms with van der Waals surface area (Å²) in [6.45, 7) is 0.667. The minimum absolute atomic E-state index is 0.543. The van der Waals surface area contributed by atoms with Crippen molar-refractivity contribution >= 4 is 29.4 Å². The Hall–Kier alpha value is -2.08. The Bertz CT molecular complexity index is 616. The summed E-state index contributed by atoms with van der Waals surface area (Å²) in [5.41, 5.74) is 1.10. The lowest BCUT2D eigenvalue weighted by Crippen LogP contribution is -2.22. The first-order chi connectivity index (χ1) is 9.99. The summed E-state index contributed by atoms with van der Waals surface area (Å²) in [5, 5.41) is 3.68. The van der Waals surface area contributed by atoms with Gasteiger partial charge in [0.25, 0.3) is 0 Å². The summed E-state index contributed by atoms with van der Waals surface area (Å²) in [6.07, 6.45) is 0. The summed E-state index contributed by atoms with van der Waals surface area (Å²) in [7, 11) is 7.52. The van der Waals surface area contributed by atoms with E-state index in [9.17, 15) is 0 Å². The van der Waals surface area contributed by atoms with Crippen molar-refractivity contribution in [1.29, 1.82) is 0 Å². The molecule has 0 radical (unpaired) electrons. The number of rotatable bonds is 5. The number of anilines is 3. The van der Waals surface area contributed by atoms with Gasteiger partial charge in [-0.15, -0.1) is 0 Å². The van der Waals surface area contributed by atoms with E-state index in [1.54, 1.807) is 7.05 Å². The highest BCUT2D eigenvalue weighted by atomic mass is 35.5. The molecule has 0 bridgehead atoms. The SMILES string of the molecule is CNc1nc(N(C)C)nc(N(C)Cc2cccc(Cl)c2)n1. The molecule has 6 nitrogen and oxygen atoms in total. The van der Waals surface area contributed by atoms with Crippen molar-refractivity contribution in [1.82, 2.24) is 15.0 Å². The van der Waals surface area contributed by atoms with Gasteiger partial charge in [0.05, 0.1) is 0 Å². The van der Waals surface area contributed by atoms with Crippen LogP contribution in [0.1, 0.15) is 5.56 Å². The lowest BCUT2D eigenvalue weighted by Gasteiger charge is -2.20. The topological polar surface area (TPSA) is 57.2 Å². The van der Waals surface area contributed by atoms with Crippen LogP contribution in [0.2, 0.25) is 5.02 Å². The third-order valence-corrected chi connectivity index (χ3v) is 3.12. The Morgan fingerprint density at radius 3 is 2.43 bits per heavy atom. The van der Waals surface area contributed by atoms with Gasteiger partial charge in [-0.3, -0.25) is 0 Å². The van der Waals surface area contributed by atoms with Gasteiger partial charge < -0.3 is 15.1 Å². The van der Waals surface area contributed by atoms with Crippen LogP contribution in [0.5, 0.6) is 0 Å². The van der Waals surface area contributed by atoms with E-state index in [-0.39, 0.29) is 0 Å². The fourth-order valence-electron chi connectivity index (χ4n) is 1.82. The molecule has 1 N–H and O–H groups in total. The Morgan fingerprint density at radius 2 is 1.81 bits per heavy atom. The number of nitrogens with one attached hydrogen (secondary N) is 1. The number of aromatic nitrogens is 3. The zero-order valence-electron chi connectivity index (χ0n) is 12.6. The maximum absolute atomic E-state index is 6.01. The molecule has 0 aliphatic rings. The summed E-state index contributed by atoms with van der Waals surface area (Å²) in [4.78, 5) is 16.9. The monoisotopic (exact) mass is 306 g/mol. The lowest BCUT2D eigenvalue weighted by molar-refractivity contribution is 0.844. The van der Waals surface area contributed by atoms with Crippen LogP contribution in [-0.4, -0.2) is 43.1 Å². The van der Waals surface area contributed by atoms with Gasteiger partial charge in [-0.1, -0.05) is 23.7 Å². The fourth-order valence-corrected chi connectivity index (χ4v) is 2.03. The van der Waals surface area contributed by atoms with Gasteiger partial charge in [0.1, 0.15) is 0 Å². The van der Waals surface area contributed by atoms with Crippen LogP contribution < -0.4 is 15.1 Å². The molecule has 1 aromatic carbocycles. The number of hydrogen-bond acceptors (Lipinski definition) is 6. The first-order valence-corrected chi connectivity index (χ1v) is 6.94. The van der Waals surface area contributed by atoms with Gasteiger partial charge in [0, 0.05) is 39.8 Å². The van der Waals surface area contributed by atoms with Crippen LogP contribution >= 0.6 is 11.6 Å². The van der Waals surface area contributed by atoms with Crippen LogP contribution in [0.3, 0.4) is 0 Å². The molecule has 2 rings (SSSR count). The molecule has 0 aliphatic carbocycles. The van der Waals surface area contributed by atoms with Crippen molar-refractivity contribution in [3.8, 4) is 0 Å². The van der Waals surface area contributed by atoms with Gasteiger partial charge in [0.15, 0.2) is 0 Å². The zero-order chi connectivity index (χ0) is 15.4. The Labute approximate surface area is 129 Å². The maximum atomic E-state index is 6.01. The summed E-state index contributed by atoms with van der Waals surface area (Å²) < 4.78 is 0. The van der Waals surface area contributed by atoms with E-state index in [2.05, 4.69) is 20.3 Å². The molecule has 0 amide bonds. The van der Waals surface area contributed by atoms with Gasteiger partial charge in [-0.2, -0.15) is 15.0 Å². The lowest BCUT2D eigenvalue weighted by atomic mass is 10.2. The molecule has 21 heavy (non-hydrogen) atoms. The number of benzene rings is 1. The van der Waals surface area contributed by atoms with Crippen LogP contribution in [0.25, 0.3) is 0 Å². The number of halogens is 1. The highest BCUT2D eigenvalue weighted by molar-refractivity contribution is 6.30. The normalized spacial score (nSPS) is 10.3. The van der Waals surface area contributed by atoms with Gasteiger partial charge in [0.2, 0.25) is 17.8 Å². The van der Waals surface area contributed by atoms with E-state index >= 15 is 0 Å². The third-order valence-electron chi connectivity index (χ3n) is 2.89. The first-order valence-electron chi connectivity index (χ1n) is 6.56. The maximum Gasteiger partial charge on any atom is 0.232 e. The average molecular weight is 307 g/mol. The van der Waals surface area contributed by atoms with E-state index in [1.165, 1.54) is 0 Å². The molecule has 0 saturated carbocycles. The first kappa shape index (κ1) is 15.3. The van der Waals surface area contributed by atoms with Crippen molar-refractivity contribution in [3.05, 3.63) is 34.9 Å². The quantitative estimate of drug-likeness (QED) is 0.914. The molecular formula is C14H19ClN6. The molecule has 1 heterocycles. The molecule has 2 aromatic rings. The van der Waals surface area contributed by atoms with Crippen molar-refractivity contribution in [2.24, 2.45) is 0 Å². The highest BCUT2D eigenvalue weighted by Crippen LogP contribution is 2.17. The molecule has 0 saturated heterocycles. The molecule has 0 spiro atoms. The second-order valence-electron chi connectivity index (χ2n) is 4.89. The fraction of sp³-hybridized carbons (Fsp3) is 0.357. The average Bonchev–Trinajstić information content (AvgIpc) is 2.46. The molecule has 112 valence electrons. The van der Waals surface area contributed by atoms with Crippen molar-refractivity contribution in [2.75, 3.05) is 43.3 Å². The van der Waals surface area contributed by atoms with Crippen molar-refractivity contribution < 1.29 is 0 Å². The van der Waals surface area contributed by atoms with E-state index in [0.29, 0.717) is 24.4 Å². The predicted octanol–water partition coefficient (Wildman–Crippen LogP) is 2.27. The van der Waals surface area contributed by atoms with Gasteiger partial charge >= 0.3 is 0 Å². The van der Waals surface area contributed by atoms with Crippen LogP contribution in [0, 0.1) is 0 Å². The van der Waals surface area contributed by atoms with E-state index in [4.69, 9.17) is 11.6 Å². The molecule has 0 unspecified atom stereocenters. The predicted molar refractivity (Wildman–Crippen MR) is 87.3 cm³/mol. The van der Waals surface area contributed by atoms with Gasteiger partial charge in [-0.25, -0.2) is 0 Å². The minimum atomic E-state index is 0.543. The molecule has 0 fully saturated rings. The smallest absolute Gasteiger partial charge is 0.232 e. The molecule has 0 atom stereocenters. The van der Waals surface area contributed by atoms with Gasteiger partial charge in [-0.05, 0) is 17.7 Å². The molecular weight excluding hydrogens is 288 g/mol. The minimum Gasteiger partial charge on any atom is -0.357 e.